The first-order chi connectivity index (χ1) is 16.4. The molecule has 1 unspecified atom stereocenters. The van der Waals surface area contributed by atoms with Crippen LogP contribution in [0.3, 0.4) is 0 Å². The lowest BCUT2D eigenvalue weighted by atomic mass is 9.67. The van der Waals surface area contributed by atoms with Gasteiger partial charge in [0.15, 0.2) is 11.6 Å². The van der Waals surface area contributed by atoms with Gasteiger partial charge in [-0.1, -0.05) is 47.9 Å². The summed E-state index contributed by atoms with van der Waals surface area (Å²) in [6.45, 7) is 1.86. The summed E-state index contributed by atoms with van der Waals surface area (Å²) in [4.78, 5) is 13.9. The molecule has 0 saturated heterocycles. The minimum Gasteiger partial charge on any atom is -0.506 e. The zero-order valence-corrected chi connectivity index (χ0v) is 20.9. The number of carbonyl (C=O) groups is 1. The zero-order chi connectivity index (χ0) is 25.2. The lowest BCUT2D eigenvalue weighted by Crippen LogP contribution is -2.42. The summed E-state index contributed by atoms with van der Waals surface area (Å²) in [7, 11) is -7.38. The largest absolute Gasteiger partial charge is 0.506 e. The lowest BCUT2D eigenvalue weighted by Gasteiger charge is -2.39. The Hall–Kier alpha value is -2.86. The number of nitrogens with one attached hydrogen (secondary N) is 2. The monoisotopic (exact) mass is 517 g/mol. The Morgan fingerprint density at radius 1 is 1.20 bits per heavy atom. The molecular weight excluding hydrogens is 490 g/mol. The number of aliphatic hydroxyl groups excluding tert-OH is 1. The molecule has 35 heavy (non-hydrogen) atoms. The fourth-order valence-electron chi connectivity index (χ4n) is 4.74. The molecule has 0 aromatic heterocycles. The van der Waals surface area contributed by atoms with E-state index in [4.69, 9.17) is 0 Å². The maximum atomic E-state index is 13.9. The Labute approximate surface area is 205 Å². The molecule has 0 spiro atoms. The van der Waals surface area contributed by atoms with E-state index >= 15 is 0 Å². The number of ketones is 1. The third-order valence-electron chi connectivity index (χ3n) is 6.78. The van der Waals surface area contributed by atoms with E-state index < -0.39 is 26.2 Å². The summed E-state index contributed by atoms with van der Waals surface area (Å²) in [5.74, 6) is -0.131. The van der Waals surface area contributed by atoms with Crippen molar-refractivity contribution in [2.45, 2.75) is 42.9 Å². The van der Waals surface area contributed by atoms with Gasteiger partial charge in [0.25, 0.3) is 0 Å². The molecule has 0 radical (unpaired) electrons. The summed E-state index contributed by atoms with van der Waals surface area (Å²) >= 11 is 0. The Morgan fingerprint density at radius 2 is 1.91 bits per heavy atom. The summed E-state index contributed by atoms with van der Waals surface area (Å²) < 4.78 is 51.2. The Bertz CT molecular complexity index is 1410. The quantitative estimate of drug-likeness (QED) is 0.366. The average molecular weight is 518 g/mol. The van der Waals surface area contributed by atoms with Crippen LogP contribution in [0.15, 0.2) is 57.3 Å². The number of amidine groups is 1. The molecule has 3 aliphatic rings. The molecule has 2 aliphatic carbocycles. The molecule has 1 atom stereocenters. The van der Waals surface area contributed by atoms with Crippen molar-refractivity contribution in [3.05, 3.63) is 59.2 Å². The second-order valence-electron chi connectivity index (χ2n) is 9.58. The molecule has 2 aromatic rings. The van der Waals surface area contributed by atoms with Crippen molar-refractivity contribution in [1.82, 2.24) is 0 Å². The van der Waals surface area contributed by atoms with Gasteiger partial charge in [0.2, 0.25) is 10.0 Å². The molecule has 5 rings (SSSR count). The first-order valence-corrected chi connectivity index (χ1v) is 14.6. The number of nitrogens with zero attached hydrogens (tertiary/aromatic N) is 1. The van der Waals surface area contributed by atoms with Crippen LogP contribution in [0.1, 0.15) is 43.7 Å². The van der Waals surface area contributed by atoms with Gasteiger partial charge in [-0.05, 0) is 49.4 Å². The van der Waals surface area contributed by atoms with E-state index in [0.29, 0.717) is 17.9 Å². The lowest BCUT2D eigenvalue weighted by molar-refractivity contribution is -0.120. The number of aliphatic hydroxyl groups is 1. The first kappa shape index (κ1) is 23.9. The molecule has 1 fully saturated rings. The van der Waals surface area contributed by atoms with Gasteiger partial charge < -0.3 is 10.4 Å². The van der Waals surface area contributed by atoms with Gasteiger partial charge in [-0.15, -0.1) is 4.40 Å². The zero-order valence-electron chi connectivity index (χ0n) is 19.3. The molecule has 1 saturated carbocycles. The van der Waals surface area contributed by atoms with E-state index in [0.717, 1.165) is 31.1 Å². The maximum Gasteiger partial charge on any atom is 0.229 e. The smallest absolute Gasteiger partial charge is 0.229 e. The van der Waals surface area contributed by atoms with Crippen LogP contribution in [0.25, 0.3) is 5.76 Å². The molecular formula is C24H27N3O6S2. The van der Waals surface area contributed by atoms with Crippen LogP contribution in [0.5, 0.6) is 0 Å². The highest BCUT2D eigenvalue weighted by Gasteiger charge is 2.47. The van der Waals surface area contributed by atoms with E-state index in [9.17, 15) is 27.4 Å². The van der Waals surface area contributed by atoms with E-state index in [1.165, 1.54) is 18.2 Å². The van der Waals surface area contributed by atoms with Crippen molar-refractivity contribution in [2.24, 2.45) is 10.3 Å². The van der Waals surface area contributed by atoms with Crippen LogP contribution in [0.2, 0.25) is 0 Å². The van der Waals surface area contributed by atoms with Crippen LogP contribution in [-0.2, 0) is 20.2 Å². The summed E-state index contributed by atoms with van der Waals surface area (Å²) in [5.41, 5.74) is 0.652. The van der Waals surface area contributed by atoms with Gasteiger partial charge in [-0.2, -0.15) is 0 Å². The van der Waals surface area contributed by atoms with Crippen LogP contribution >= 0.6 is 10.8 Å². The van der Waals surface area contributed by atoms with Crippen LogP contribution in [0, 0.1) is 5.92 Å². The molecule has 2 aromatic carbocycles. The highest BCUT2D eigenvalue weighted by atomic mass is 32.3. The van der Waals surface area contributed by atoms with Crippen molar-refractivity contribution in [1.29, 1.82) is 0 Å². The van der Waals surface area contributed by atoms with Crippen LogP contribution in [-0.4, -0.2) is 40.5 Å². The molecule has 0 bridgehead atoms. The van der Waals surface area contributed by atoms with E-state index in [1.54, 1.807) is 12.1 Å². The number of carbonyl (C=O) groups excluding carboxylic acids is 1. The Morgan fingerprint density at radius 3 is 2.60 bits per heavy atom. The summed E-state index contributed by atoms with van der Waals surface area (Å²) in [5, 5.41) is 14.1. The van der Waals surface area contributed by atoms with Crippen molar-refractivity contribution in [3.63, 3.8) is 0 Å². The second kappa shape index (κ2) is 8.09. The first-order valence-electron chi connectivity index (χ1n) is 11.2. The van der Waals surface area contributed by atoms with Crippen molar-refractivity contribution >= 4 is 49.6 Å². The minimum atomic E-state index is -3.80. The number of benzene rings is 2. The van der Waals surface area contributed by atoms with Crippen molar-refractivity contribution < 1.29 is 27.4 Å². The molecule has 0 amide bonds. The average Bonchev–Trinajstić information content (AvgIpc) is 3.60. The number of sulfonamides is 1. The number of hydrogen-bond acceptors (Lipinski definition) is 8. The summed E-state index contributed by atoms with van der Waals surface area (Å²) in [6.07, 6.45) is 4.79. The number of Topliss-reactive ketones (excluding diaryl/α,β-unsaturated/α-hetero) is 1. The van der Waals surface area contributed by atoms with Crippen LogP contribution < -0.4 is 10.0 Å². The molecule has 186 valence electrons. The number of fused-ring (bicyclic) bond motifs is 2. The highest BCUT2D eigenvalue weighted by Crippen LogP contribution is 2.57. The van der Waals surface area contributed by atoms with E-state index in [2.05, 4.69) is 14.4 Å². The maximum absolute atomic E-state index is 13.9. The van der Waals surface area contributed by atoms with E-state index in [-0.39, 0.29) is 39.2 Å². The SMILES string of the molecule is CC1(CCC2CC2)C(=O)C(C2=NS(O)(O)c3cc(NS(C)(=O)=O)ccc3N2)=C(O)c2ccccc21. The topological polar surface area (TPSA) is 148 Å². The van der Waals surface area contributed by atoms with Gasteiger partial charge >= 0.3 is 0 Å². The van der Waals surface area contributed by atoms with Crippen molar-refractivity contribution in [2.75, 3.05) is 16.3 Å². The highest BCUT2D eigenvalue weighted by molar-refractivity contribution is 8.23. The predicted molar refractivity (Wildman–Crippen MR) is 137 cm³/mol. The molecule has 11 heteroatoms. The fraction of sp³-hybridized carbons (Fsp3) is 0.333. The normalized spacial score (nSPS) is 24.1. The second-order valence-corrected chi connectivity index (χ2v) is 13.0. The Kier molecular flexibility index (Phi) is 5.51. The van der Waals surface area contributed by atoms with Gasteiger partial charge in [0.05, 0.1) is 23.0 Å². The van der Waals surface area contributed by atoms with Gasteiger partial charge in [-0.25, -0.2) is 8.42 Å². The predicted octanol–water partition coefficient (Wildman–Crippen LogP) is 4.91. The third-order valence-corrected chi connectivity index (χ3v) is 8.75. The van der Waals surface area contributed by atoms with Gasteiger partial charge in [0.1, 0.15) is 16.2 Å². The van der Waals surface area contributed by atoms with Crippen molar-refractivity contribution in [3.8, 4) is 0 Å². The van der Waals surface area contributed by atoms with Crippen LogP contribution in [0.4, 0.5) is 11.4 Å². The number of anilines is 2. The minimum absolute atomic E-state index is 0.0184. The Balaban J connectivity index is 1.58. The molecule has 9 nitrogen and oxygen atoms in total. The molecule has 1 heterocycles. The van der Waals surface area contributed by atoms with Gasteiger partial charge in [-0.3, -0.25) is 18.6 Å². The fourth-order valence-corrected chi connectivity index (χ4v) is 6.49. The van der Waals surface area contributed by atoms with E-state index in [1.807, 2.05) is 19.1 Å². The van der Waals surface area contributed by atoms with Gasteiger partial charge in [0, 0.05) is 5.56 Å². The molecule has 1 aliphatic heterocycles. The standard InChI is InChI=1S/C24H27N3O6S2/c1-24(12-11-14-7-8-14)17-6-4-3-5-16(17)21(28)20(22(24)29)23-25-18-10-9-15(26-34(2,30)31)13-19(18)35(32,33)27-23/h3-6,9-10,13-14,26,28,32-33H,7-8,11-12H2,1-2H3,(H,25,27). The number of rotatable bonds is 6. The number of hydrogen-bond donors (Lipinski definition) is 5. The third kappa shape index (κ3) is 4.33. The summed E-state index contributed by atoms with van der Waals surface area (Å²) in [6, 6.07) is 11.4. The molecule has 5 N–H and O–H groups in total.